The molecule has 0 unspecified atom stereocenters. The number of likely N-dealkylation sites (tertiary alicyclic amines) is 1. The molecule has 1 amide bonds. The molecule has 0 bridgehead atoms. The summed E-state index contributed by atoms with van der Waals surface area (Å²) in [4.78, 5) is 21.6. The van der Waals surface area contributed by atoms with Crippen LogP contribution in [-0.2, 0) is 16.6 Å². The fourth-order valence-corrected chi connectivity index (χ4v) is 6.34. The van der Waals surface area contributed by atoms with Gasteiger partial charge < -0.3 is 18.8 Å². The Labute approximate surface area is 216 Å². The summed E-state index contributed by atoms with van der Waals surface area (Å²) in [5, 5.41) is 0. The molecule has 0 saturated carbocycles. The first-order valence-corrected chi connectivity index (χ1v) is 14.0. The van der Waals surface area contributed by atoms with Gasteiger partial charge in [-0.15, -0.1) is 0 Å². The number of piperazine rings is 1. The molecule has 2 aliphatic rings. The molecule has 10 nitrogen and oxygen atoms in total. The van der Waals surface area contributed by atoms with Crippen LogP contribution in [0.15, 0.2) is 45.7 Å². The number of carbonyl (C=O) groups is 1. The van der Waals surface area contributed by atoms with Gasteiger partial charge in [-0.2, -0.15) is 4.31 Å². The molecule has 11 heteroatoms. The number of aromatic nitrogens is 1. The van der Waals surface area contributed by atoms with E-state index >= 15 is 0 Å². The first-order valence-electron chi connectivity index (χ1n) is 12.5. The zero-order valence-corrected chi connectivity index (χ0v) is 22.0. The average molecular weight is 529 g/mol. The van der Waals surface area contributed by atoms with Gasteiger partial charge in [-0.3, -0.25) is 9.69 Å². The lowest BCUT2D eigenvalue weighted by molar-refractivity contribution is 0.0724. The van der Waals surface area contributed by atoms with E-state index in [4.69, 9.17) is 13.9 Å². The molecule has 0 N–H and O–H groups in total. The zero-order chi connectivity index (χ0) is 26.0. The largest absolute Gasteiger partial charge is 0.493 e. The molecule has 5 rings (SSSR count). The highest BCUT2D eigenvalue weighted by Gasteiger charge is 2.30. The van der Waals surface area contributed by atoms with E-state index < -0.39 is 10.0 Å². The number of methoxy groups -OCH3 is 2. The SMILES string of the molecule is COc1ccc(S(=O)(=O)N2CCN(Cc3nc4cc(C(=O)N5CCCCC5)ccc4o3)CC2)cc1OC. The van der Waals surface area contributed by atoms with E-state index in [-0.39, 0.29) is 10.8 Å². The predicted molar refractivity (Wildman–Crippen MR) is 137 cm³/mol. The van der Waals surface area contributed by atoms with Crippen molar-refractivity contribution in [1.29, 1.82) is 0 Å². The van der Waals surface area contributed by atoms with Crippen LogP contribution in [0.25, 0.3) is 11.1 Å². The van der Waals surface area contributed by atoms with Gasteiger partial charge >= 0.3 is 0 Å². The van der Waals surface area contributed by atoms with Gasteiger partial charge in [0.05, 0.1) is 25.7 Å². The lowest BCUT2D eigenvalue weighted by atomic mass is 10.1. The molecule has 2 aliphatic heterocycles. The molecule has 2 saturated heterocycles. The number of carbonyl (C=O) groups excluding carboxylic acids is 1. The van der Waals surface area contributed by atoms with E-state index in [1.807, 2.05) is 4.90 Å². The van der Waals surface area contributed by atoms with Crippen LogP contribution in [-0.4, -0.2) is 86.9 Å². The third-order valence-electron chi connectivity index (χ3n) is 7.00. The standard InChI is InChI=1S/C26H32N4O6S/c1-34-23-9-7-20(17-24(23)35-2)37(32,33)30-14-12-28(13-15-30)18-25-27-21-16-19(6-8-22(21)36-25)26(31)29-10-4-3-5-11-29/h6-9,16-17H,3-5,10-15,18H2,1-2H3. The van der Waals surface area contributed by atoms with Crippen LogP contribution in [0.1, 0.15) is 35.5 Å². The van der Waals surface area contributed by atoms with E-state index in [9.17, 15) is 13.2 Å². The molecule has 0 aliphatic carbocycles. The number of nitrogens with zero attached hydrogens (tertiary/aromatic N) is 4. The van der Waals surface area contributed by atoms with Crippen LogP contribution in [0.3, 0.4) is 0 Å². The summed E-state index contributed by atoms with van der Waals surface area (Å²) >= 11 is 0. The van der Waals surface area contributed by atoms with E-state index in [0.717, 1.165) is 25.9 Å². The topological polar surface area (TPSA) is 105 Å². The molecule has 3 aromatic rings. The van der Waals surface area contributed by atoms with Gasteiger partial charge in [0.25, 0.3) is 5.91 Å². The minimum atomic E-state index is -3.66. The molecular formula is C26H32N4O6S. The van der Waals surface area contributed by atoms with Crippen LogP contribution >= 0.6 is 0 Å². The lowest BCUT2D eigenvalue weighted by Crippen LogP contribution is -2.48. The molecular weight excluding hydrogens is 496 g/mol. The van der Waals surface area contributed by atoms with Crippen molar-refractivity contribution in [2.45, 2.75) is 30.7 Å². The van der Waals surface area contributed by atoms with Gasteiger partial charge in [0.15, 0.2) is 17.1 Å². The zero-order valence-electron chi connectivity index (χ0n) is 21.2. The maximum Gasteiger partial charge on any atom is 0.253 e. The number of piperidine rings is 1. The molecule has 3 heterocycles. The van der Waals surface area contributed by atoms with Crippen molar-refractivity contribution in [3.8, 4) is 11.5 Å². The smallest absolute Gasteiger partial charge is 0.253 e. The fourth-order valence-electron chi connectivity index (χ4n) is 4.90. The van der Waals surface area contributed by atoms with Gasteiger partial charge in [0.1, 0.15) is 5.52 Å². The van der Waals surface area contributed by atoms with Gasteiger partial charge in [-0.05, 0) is 49.6 Å². The second kappa shape index (κ2) is 10.7. The Bertz CT molecular complexity index is 1370. The summed E-state index contributed by atoms with van der Waals surface area (Å²) in [5.41, 5.74) is 1.93. The number of benzene rings is 2. The Balaban J connectivity index is 1.22. The average Bonchev–Trinajstić information content (AvgIpc) is 3.34. The lowest BCUT2D eigenvalue weighted by Gasteiger charge is -2.33. The molecule has 198 valence electrons. The van der Waals surface area contributed by atoms with Gasteiger partial charge in [-0.1, -0.05) is 0 Å². The second-order valence-corrected chi connectivity index (χ2v) is 11.3. The summed E-state index contributed by atoms with van der Waals surface area (Å²) in [7, 11) is -0.674. The third-order valence-corrected chi connectivity index (χ3v) is 8.90. The third kappa shape index (κ3) is 5.29. The predicted octanol–water partition coefficient (Wildman–Crippen LogP) is 2.98. The summed E-state index contributed by atoms with van der Waals surface area (Å²) in [5.74, 6) is 1.44. The highest BCUT2D eigenvalue weighted by Crippen LogP contribution is 2.31. The van der Waals surface area contributed by atoms with Gasteiger partial charge in [-0.25, -0.2) is 13.4 Å². The van der Waals surface area contributed by atoms with Crippen LogP contribution in [0.2, 0.25) is 0 Å². The quantitative estimate of drug-likeness (QED) is 0.461. The monoisotopic (exact) mass is 528 g/mol. The molecule has 2 fully saturated rings. The van der Waals surface area contributed by atoms with Crippen molar-refractivity contribution in [3.63, 3.8) is 0 Å². The first-order chi connectivity index (χ1) is 17.9. The molecule has 2 aromatic carbocycles. The van der Waals surface area contributed by atoms with Crippen molar-refractivity contribution in [3.05, 3.63) is 47.9 Å². The van der Waals surface area contributed by atoms with Crippen LogP contribution < -0.4 is 9.47 Å². The highest BCUT2D eigenvalue weighted by atomic mass is 32.2. The minimum absolute atomic E-state index is 0.0398. The Hall–Kier alpha value is -3.15. The maximum absolute atomic E-state index is 13.2. The number of fused-ring (bicyclic) bond motifs is 1. The van der Waals surface area contributed by atoms with Crippen molar-refractivity contribution in [1.82, 2.24) is 19.1 Å². The van der Waals surface area contributed by atoms with Crippen molar-refractivity contribution >= 4 is 27.0 Å². The summed E-state index contributed by atoms with van der Waals surface area (Å²) < 4.78 is 44.3. The van der Waals surface area contributed by atoms with Crippen molar-refractivity contribution in [2.75, 3.05) is 53.5 Å². The van der Waals surface area contributed by atoms with Crippen LogP contribution in [0.4, 0.5) is 0 Å². The highest BCUT2D eigenvalue weighted by molar-refractivity contribution is 7.89. The minimum Gasteiger partial charge on any atom is -0.493 e. The van der Waals surface area contributed by atoms with Crippen molar-refractivity contribution < 1.29 is 27.1 Å². The number of amides is 1. The number of hydrogen-bond acceptors (Lipinski definition) is 8. The fraction of sp³-hybridized carbons (Fsp3) is 0.462. The molecule has 1 aromatic heterocycles. The number of oxazole rings is 1. The maximum atomic E-state index is 13.2. The van der Waals surface area contributed by atoms with Crippen molar-refractivity contribution in [2.24, 2.45) is 0 Å². The second-order valence-electron chi connectivity index (χ2n) is 9.34. The Morgan fingerprint density at radius 1 is 0.919 bits per heavy atom. The van der Waals surface area contributed by atoms with Crippen LogP contribution in [0, 0.1) is 0 Å². The van der Waals surface area contributed by atoms with Gasteiger partial charge in [0.2, 0.25) is 15.9 Å². The molecule has 0 radical (unpaired) electrons. The number of sulfonamides is 1. The molecule has 0 spiro atoms. The Morgan fingerprint density at radius 3 is 2.35 bits per heavy atom. The molecule has 0 atom stereocenters. The number of ether oxygens (including phenoxy) is 2. The number of hydrogen-bond donors (Lipinski definition) is 0. The van der Waals surface area contributed by atoms with Crippen LogP contribution in [0.5, 0.6) is 11.5 Å². The van der Waals surface area contributed by atoms with E-state index in [0.29, 0.717) is 66.8 Å². The number of rotatable bonds is 7. The Kier molecular flexibility index (Phi) is 7.36. The van der Waals surface area contributed by atoms with Gasteiger partial charge in [0, 0.05) is 50.9 Å². The Morgan fingerprint density at radius 2 is 1.65 bits per heavy atom. The van der Waals surface area contributed by atoms with E-state index in [1.165, 1.54) is 37.1 Å². The summed E-state index contributed by atoms with van der Waals surface area (Å²) in [6, 6.07) is 10.0. The first kappa shape index (κ1) is 25.5. The normalized spacial score (nSPS) is 17.7. The summed E-state index contributed by atoms with van der Waals surface area (Å²) in [6.07, 6.45) is 3.27. The van der Waals surface area contributed by atoms with E-state index in [1.54, 1.807) is 24.3 Å². The van der Waals surface area contributed by atoms with E-state index in [2.05, 4.69) is 9.88 Å². The summed E-state index contributed by atoms with van der Waals surface area (Å²) in [6.45, 7) is 3.86. The molecule has 37 heavy (non-hydrogen) atoms.